The van der Waals surface area contributed by atoms with Crippen LogP contribution in [0.2, 0.25) is 0 Å². The molecule has 4 nitrogen and oxygen atoms in total. The predicted molar refractivity (Wildman–Crippen MR) is 167 cm³/mol. The average molecular weight is 601 g/mol. The molecule has 1 saturated carbocycles. The van der Waals surface area contributed by atoms with Crippen LogP contribution in [-0.2, 0) is 13.6 Å². The molecule has 41 heavy (non-hydrogen) atoms. The maximum Gasteiger partial charge on any atom is 0.331 e. The lowest BCUT2D eigenvalue weighted by molar-refractivity contribution is 0.142. The third-order valence-corrected chi connectivity index (χ3v) is 10.5. The molecule has 0 heterocycles. The molecule has 7 heteroatoms. The molecule has 1 aliphatic carbocycles. The first-order valence-electron chi connectivity index (χ1n) is 16.7. The Morgan fingerprint density at radius 3 is 1.88 bits per heavy atom. The van der Waals surface area contributed by atoms with Gasteiger partial charge < -0.3 is 13.8 Å². The molecule has 0 spiro atoms. The Morgan fingerprint density at radius 2 is 1.32 bits per heavy atom. The summed E-state index contributed by atoms with van der Waals surface area (Å²) in [7, 11) is -3.01. The van der Waals surface area contributed by atoms with Gasteiger partial charge >= 0.3 is 7.60 Å². The third-order valence-electron chi connectivity index (χ3n) is 8.16. The summed E-state index contributed by atoms with van der Waals surface area (Å²) in [5.41, 5.74) is 0.531. The molecule has 0 N–H and O–H groups in total. The van der Waals surface area contributed by atoms with Crippen molar-refractivity contribution in [1.82, 2.24) is 0 Å². The number of rotatable bonds is 22. The Hall–Kier alpha value is -0.970. The van der Waals surface area contributed by atoms with Crippen LogP contribution in [-0.4, -0.2) is 25.0 Å². The molecule has 2 rings (SSSR count). The van der Waals surface area contributed by atoms with Crippen LogP contribution in [0.25, 0.3) is 0 Å². The van der Waals surface area contributed by atoms with E-state index in [1.165, 1.54) is 32.1 Å². The maximum atomic E-state index is 14.9. The Kier molecular flexibility index (Phi) is 17.7. The standard InChI is InChI=1S/C34H59F2O4P/c1-6-7-15-18-29-19-21-30(22-20-29)31-23-24-32(34(36)33(31)35)38-25-16-13-11-9-8-10-12-14-17-26-41(37,39-27(2)3)40-28(4)5/h23-24,27-30H,6-22,25-26H2,1-5H3. The van der Waals surface area contributed by atoms with E-state index in [1.54, 1.807) is 12.1 Å². The minimum absolute atomic E-state index is 0.0432. The summed E-state index contributed by atoms with van der Waals surface area (Å²) < 4.78 is 59.3. The van der Waals surface area contributed by atoms with Gasteiger partial charge in [0.1, 0.15) is 0 Å². The van der Waals surface area contributed by atoms with E-state index in [2.05, 4.69) is 6.92 Å². The van der Waals surface area contributed by atoms with Gasteiger partial charge in [0.25, 0.3) is 0 Å². The van der Waals surface area contributed by atoms with E-state index in [4.69, 9.17) is 13.8 Å². The zero-order chi connectivity index (χ0) is 30.1. The smallest absolute Gasteiger partial charge is 0.331 e. The number of hydrogen-bond donors (Lipinski definition) is 0. The number of halogens is 2. The van der Waals surface area contributed by atoms with Crippen molar-refractivity contribution >= 4 is 7.60 Å². The first-order valence-corrected chi connectivity index (χ1v) is 18.4. The van der Waals surface area contributed by atoms with Crippen LogP contribution >= 0.6 is 7.60 Å². The highest BCUT2D eigenvalue weighted by molar-refractivity contribution is 7.53. The van der Waals surface area contributed by atoms with Crippen molar-refractivity contribution < 1.29 is 27.1 Å². The zero-order valence-electron chi connectivity index (χ0n) is 26.7. The lowest BCUT2D eigenvalue weighted by Crippen LogP contribution is -2.15. The molecule has 0 aliphatic heterocycles. The highest BCUT2D eigenvalue weighted by atomic mass is 31.2. The lowest BCUT2D eigenvalue weighted by atomic mass is 9.77. The molecular weight excluding hydrogens is 541 g/mol. The number of ether oxygens (including phenoxy) is 1. The Labute approximate surface area is 250 Å². The van der Waals surface area contributed by atoms with Crippen LogP contribution in [0.3, 0.4) is 0 Å². The molecule has 0 unspecified atom stereocenters. The molecule has 0 saturated heterocycles. The number of benzene rings is 1. The molecular formula is C34H59F2O4P. The van der Waals surface area contributed by atoms with Gasteiger partial charge in [0, 0.05) is 0 Å². The van der Waals surface area contributed by atoms with Crippen LogP contribution < -0.4 is 4.74 Å². The Bertz CT molecular complexity index is 870. The summed E-state index contributed by atoms with van der Waals surface area (Å²) in [5.74, 6) is -0.614. The fourth-order valence-corrected chi connectivity index (χ4v) is 8.17. The summed E-state index contributed by atoms with van der Waals surface area (Å²) >= 11 is 0. The normalized spacial score (nSPS) is 18.0. The van der Waals surface area contributed by atoms with Crippen molar-refractivity contribution in [2.24, 2.45) is 5.92 Å². The second kappa shape index (κ2) is 20.1. The predicted octanol–water partition coefficient (Wildman–Crippen LogP) is 11.8. The van der Waals surface area contributed by atoms with Gasteiger partial charge in [0.15, 0.2) is 11.6 Å². The van der Waals surface area contributed by atoms with Crippen LogP contribution in [0.1, 0.15) is 155 Å². The quantitative estimate of drug-likeness (QED) is 0.0981. The van der Waals surface area contributed by atoms with Gasteiger partial charge in [-0.05, 0) is 89.7 Å². The van der Waals surface area contributed by atoms with E-state index in [0.717, 1.165) is 83.0 Å². The second-order valence-electron chi connectivity index (χ2n) is 12.7. The first kappa shape index (κ1) is 36.2. The van der Waals surface area contributed by atoms with E-state index < -0.39 is 19.2 Å². The molecule has 238 valence electrons. The van der Waals surface area contributed by atoms with Crippen molar-refractivity contribution in [2.45, 2.75) is 162 Å². The minimum Gasteiger partial charge on any atom is -0.490 e. The van der Waals surface area contributed by atoms with Gasteiger partial charge in [-0.1, -0.05) is 83.6 Å². The fraction of sp³-hybridized carbons (Fsp3) is 0.824. The molecule has 0 amide bonds. The van der Waals surface area contributed by atoms with Crippen molar-refractivity contribution in [3.63, 3.8) is 0 Å². The Balaban J connectivity index is 1.55. The average Bonchev–Trinajstić information content (AvgIpc) is 2.91. The fourth-order valence-electron chi connectivity index (χ4n) is 6.02. The van der Waals surface area contributed by atoms with Gasteiger partial charge in [-0.15, -0.1) is 0 Å². The van der Waals surface area contributed by atoms with Crippen LogP contribution in [0.4, 0.5) is 8.78 Å². The largest absolute Gasteiger partial charge is 0.490 e. The third kappa shape index (κ3) is 14.4. The molecule has 0 bridgehead atoms. The van der Waals surface area contributed by atoms with Gasteiger partial charge in [-0.3, -0.25) is 4.57 Å². The van der Waals surface area contributed by atoms with Gasteiger partial charge in [0.2, 0.25) is 5.82 Å². The van der Waals surface area contributed by atoms with Crippen molar-refractivity contribution in [3.05, 3.63) is 29.3 Å². The van der Waals surface area contributed by atoms with Crippen molar-refractivity contribution in [1.29, 1.82) is 0 Å². The van der Waals surface area contributed by atoms with Gasteiger partial charge in [0.05, 0.1) is 25.0 Å². The Morgan fingerprint density at radius 1 is 0.756 bits per heavy atom. The summed E-state index contributed by atoms with van der Waals surface area (Å²) in [6, 6.07) is 3.38. The van der Waals surface area contributed by atoms with Crippen LogP contribution in [0, 0.1) is 17.6 Å². The molecule has 1 aromatic carbocycles. The monoisotopic (exact) mass is 600 g/mol. The van der Waals surface area contributed by atoms with E-state index >= 15 is 0 Å². The SMILES string of the molecule is CCCCCC1CCC(c2ccc(OCCCCCCCCCCCP(=O)(OC(C)C)OC(C)C)c(F)c2F)CC1. The summed E-state index contributed by atoms with van der Waals surface area (Å²) in [6.07, 6.45) is 19.0. The molecule has 0 aromatic heterocycles. The first-order chi connectivity index (χ1) is 19.6. The molecule has 1 aliphatic rings. The van der Waals surface area contributed by atoms with Gasteiger partial charge in [-0.25, -0.2) is 4.39 Å². The van der Waals surface area contributed by atoms with E-state index in [1.807, 2.05) is 27.7 Å². The summed E-state index contributed by atoms with van der Waals surface area (Å²) in [4.78, 5) is 0. The second-order valence-corrected chi connectivity index (χ2v) is 14.8. The number of hydrogen-bond acceptors (Lipinski definition) is 4. The van der Waals surface area contributed by atoms with E-state index in [0.29, 0.717) is 18.3 Å². The zero-order valence-corrected chi connectivity index (χ0v) is 27.6. The summed E-state index contributed by atoms with van der Waals surface area (Å²) in [6.45, 7) is 10.2. The summed E-state index contributed by atoms with van der Waals surface area (Å²) in [5, 5.41) is 0. The molecule has 0 atom stereocenters. The lowest BCUT2D eigenvalue weighted by Gasteiger charge is -2.29. The maximum absolute atomic E-state index is 14.9. The molecule has 1 aromatic rings. The highest BCUT2D eigenvalue weighted by Crippen LogP contribution is 2.51. The molecule has 0 radical (unpaired) electrons. The van der Waals surface area contributed by atoms with E-state index in [9.17, 15) is 13.3 Å². The number of unbranched alkanes of at least 4 members (excludes halogenated alkanes) is 10. The van der Waals surface area contributed by atoms with Crippen LogP contribution in [0.5, 0.6) is 5.75 Å². The molecule has 1 fully saturated rings. The highest BCUT2D eigenvalue weighted by Gasteiger charge is 2.27. The van der Waals surface area contributed by atoms with Crippen molar-refractivity contribution in [3.8, 4) is 5.75 Å². The topological polar surface area (TPSA) is 44.8 Å². The van der Waals surface area contributed by atoms with Gasteiger partial charge in [-0.2, -0.15) is 4.39 Å². The van der Waals surface area contributed by atoms with Crippen LogP contribution in [0.15, 0.2) is 12.1 Å². The van der Waals surface area contributed by atoms with E-state index in [-0.39, 0.29) is 23.9 Å². The minimum atomic E-state index is -3.01. The van der Waals surface area contributed by atoms with Crippen molar-refractivity contribution in [2.75, 3.05) is 12.8 Å².